The number of phenols is 1. The highest BCUT2D eigenvalue weighted by Gasteiger charge is 2.16. The van der Waals surface area contributed by atoms with Gasteiger partial charge in [-0.3, -0.25) is 4.79 Å². The van der Waals surface area contributed by atoms with Crippen LogP contribution in [0.1, 0.15) is 21.5 Å². The Morgan fingerprint density at radius 2 is 1.50 bits per heavy atom. The lowest BCUT2D eigenvalue weighted by molar-refractivity contribution is 0.106. The molecule has 3 aromatic rings. The average molecular weight is 407 g/mol. The molecule has 0 aliphatic carbocycles. The smallest absolute Gasteiger partial charge is 0.213 e. The molecule has 0 fully saturated rings. The van der Waals surface area contributed by atoms with Crippen LogP contribution in [-0.4, -0.2) is 22.8 Å². The van der Waals surface area contributed by atoms with Crippen LogP contribution in [-0.2, 0) is 0 Å². The predicted octanol–water partition coefficient (Wildman–Crippen LogP) is 4.86. The van der Waals surface area contributed by atoms with Gasteiger partial charge in [-0.1, -0.05) is 76.6 Å². The van der Waals surface area contributed by atoms with E-state index >= 15 is 0 Å². The van der Waals surface area contributed by atoms with Crippen molar-refractivity contribution >= 4 is 33.6 Å². The lowest BCUT2D eigenvalue weighted by Crippen LogP contribution is -2.15. The number of halogens is 1. The molecule has 0 amide bonds. The number of ketones is 1. The number of benzene rings is 3. The van der Waals surface area contributed by atoms with Crippen LogP contribution in [0.4, 0.5) is 0 Å². The molecule has 0 aliphatic rings. The maximum Gasteiger partial charge on any atom is 0.213 e. The first-order valence-electron chi connectivity index (χ1n) is 7.90. The van der Waals surface area contributed by atoms with Crippen molar-refractivity contribution in [3.8, 4) is 5.75 Å². The molecule has 0 unspecified atom stereocenters. The van der Waals surface area contributed by atoms with E-state index in [2.05, 4.69) is 26.1 Å². The Balaban J connectivity index is 1.98. The Morgan fingerprint density at radius 3 is 2.15 bits per heavy atom. The van der Waals surface area contributed by atoms with Crippen LogP contribution < -0.4 is 0 Å². The monoisotopic (exact) mass is 406 g/mol. The summed E-state index contributed by atoms with van der Waals surface area (Å²) in [6.45, 7) is 0. The number of nitrogens with zero attached hydrogens (tertiary/aromatic N) is 2. The van der Waals surface area contributed by atoms with E-state index in [1.165, 1.54) is 6.21 Å². The largest absolute Gasteiger partial charge is 0.507 e. The van der Waals surface area contributed by atoms with Crippen LogP contribution in [0.15, 0.2) is 93.5 Å². The van der Waals surface area contributed by atoms with E-state index in [4.69, 9.17) is 0 Å². The van der Waals surface area contributed by atoms with Crippen molar-refractivity contribution in [2.75, 3.05) is 0 Å². The maximum absolute atomic E-state index is 12.8. The zero-order valence-electron chi connectivity index (χ0n) is 13.7. The summed E-state index contributed by atoms with van der Waals surface area (Å²) < 4.78 is 0.810. The second-order valence-corrected chi connectivity index (χ2v) is 6.37. The van der Waals surface area contributed by atoms with Gasteiger partial charge in [0, 0.05) is 21.2 Å². The summed E-state index contributed by atoms with van der Waals surface area (Å²) in [6, 6.07) is 23.1. The molecule has 0 bridgehead atoms. The molecular formula is C21H15BrN2O2. The molecule has 26 heavy (non-hydrogen) atoms. The number of aromatic hydroxyl groups is 1. The van der Waals surface area contributed by atoms with Crippen molar-refractivity contribution in [3.05, 3.63) is 100 Å². The normalized spacial score (nSPS) is 11.7. The highest BCUT2D eigenvalue weighted by atomic mass is 79.9. The molecule has 0 aliphatic heterocycles. The zero-order valence-corrected chi connectivity index (χ0v) is 15.3. The fraction of sp³-hybridized carbons (Fsp3) is 0. The molecule has 4 nitrogen and oxygen atoms in total. The van der Waals surface area contributed by atoms with Crippen LogP contribution in [0.5, 0.6) is 5.75 Å². The van der Waals surface area contributed by atoms with Gasteiger partial charge in [0.15, 0.2) is 0 Å². The lowest BCUT2D eigenvalue weighted by atomic mass is 10.0. The highest BCUT2D eigenvalue weighted by molar-refractivity contribution is 9.10. The number of hydrogen-bond acceptors (Lipinski definition) is 4. The fourth-order valence-electron chi connectivity index (χ4n) is 2.33. The maximum atomic E-state index is 12.8. The van der Waals surface area contributed by atoms with Crippen molar-refractivity contribution in [1.82, 2.24) is 0 Å². The first kappa shape index (κ1) is 17.8. The Morgan fingerprint density at radius 1 is 0.885 bits per heavy atom. The van der Waals surface area contributed by atoms with E-state index < -0.39 is 0 Å². The molecule has 0 aromatic heterocycles. The first-order valence-corrected chi connectivity index (χ1v) is 8.69. The average Bonchev–Trinajstić information content (AvgIpc) is 2.69. The molecule has 128 valence electrons. The summed E-state index contributed by atoms with van der Waals surface area (Å²) in [7, 11) is 0. The topological polar surface area (TPSA) is 62.0 Å². The summed E-state index contributed by atoms with van der Waals surface area (Å²) in [5.74, 6) is -0.129. The Hall–Kier alpha value is -3.05. The van der Waals surface area contributed by atoms with Gasteiger partial charge in [0.1, 0.15) is 11.5 Å². The van der Waals surface area contributed by atoms with E-state index in [0.717, 1.165) is 4.47 Å². The quantitative estimate of drug-likeness (QED) is 0.373. The van der Waals surface area contributed by atoms with Crippen molar-refractivity contribution in [2.45, 2.75) is 0 Å². The second-order valence-electron chi connectivity index (χ2n) is 5.46. The summed E-state index contributed by atoms with van der Waals surface area (Å²) >= 11 is 3.34. The SMILES string of the molecule is O=C(/C(=N/N=C\c1cc(Br)ccc1O)c1ccccc1)c1ccccc1. The first-order chi connectivity index (χ1) is 12.6. The van der Waals surface area contributed by atoms with Crippen LogP contribution in [0.25, 0.3) is 0 Å². The summed E-state index contributed by atoms with van der Waals surface area (Å²) in [6.07, 6.45) is 1.42. The number of phenolic OH excluding ortho intramolecular Hbond substituents is 1. The van der Waals surface area contributed by atoms with Gasteiger partial charge in [-0.15, -0.1) is 5.10 Å². The minimum absolute atomic E-state index is 0.0859. The molecule has 3 rings (SSSR count). The third kappa shape index (κ3) is 4.32. The molecule has 0 radical (unpaired) electrons. The van der Waals surface area contributed by atoms with Crippen molar-refractivity contribution in [2.24, 2.45) is 10.2 Å². The molecule has 0 saturated carbocycles. The molecule has 0 atom stereocenters. The summed E-state index contributed by atoms with van der Waals surface area (Å²) in [5.41, 5.74) is 1.96. The lowest BCUT2D eigenvalue weighted by Gasteiger charge is -2.04. The minimum Gasteiger partial charge on any atom is -0.507 e. The van der Waals surface area contributed by atoms with Gasteiger partial charge < -0.3 is 5.11 Å². The Bertz CT molecular complexity index is 968. The van der Waals surface area contributed by atoms with E-state index in [1.807, 2.05) is 36.4 Å². The van der Waals surface area contributed by atoms with Gasteiger partial charge in [0.2, 0.25) is 5.78 Å². The molecule has 0 spiro atoms. The van der Waals surface area contributed by atoms with Crippen molar-refractivity contribution < 1.29 is 9.90 Å². The van der Waals surface area contributed by atoms with Gasteiger partial charge >= 0.3 is 0 Å². The molecule has 0 heterocycles. The highest BCUT2D eigenvalue weighted by Crippen LogP contribution is 2.20. The van der Waals surface area contributed by atoms with E-state index in [1.54, 1.807) is 42.5 Å². The van der Waals surface area contributed by atoms with E-state index in [0.29, 0.717) is 16.7 Å². The van der Waals surface area contributed by atoms with E-state index in [-0.39, 0.29) is 17.2 Å². The van der Waals surface area contributed by atoms with Crippen molar-refractivity contribution in [1.29, 1.82) is 0 Å². The predicted molar refractivity (Wildman–Crippen MR) is 107 cm³/mol. The van der Waals surface area contributed by atoms with E-state index in [9.17, 15) is 9.90 Å². The summed E-state index contributed by atoms with van der Waals surface area (Å²) in [4.78, 5) is 12.8. The standard InChI is InChI=1S/C21H15BrN2O2/c22-18-11-12-19(25)17(13-18)14-23-24-20(15-7-3-1-4-8-15)21(26)16-9-5-2-6-10-16/h1-14,25H/b23-14-,24-20+. The number of rotatable bonds is 5. The Labute approximate surface area is 159 Å². The second kappa shape index (κ2) is 8.36. The molecule has 5 heteroatoms. The zero-order chi connectivity index (χ0) is 18.4. The van der Waals surface area contributed by atoms with Gasteiger partial charge in [-0.05, 0) is 18.2 Å². The minimum atomic E-state index is -0.215. The fourth-order valence-corrected chi connectivity index (χ4v) is 2.71. The summed E-state index contributed by atoms with van der Waals surface area (Å²) in [5, 5.41) is 18.1. The van der Waals surface area contributed by atoms with Crippen LogP contribution in [0.2, 0.25) is 0 Å². The molecular weight excluding hydrogens is 392 g/mol. The molecule has 3 aromatic carbocycles. The third-order valence-electron chi connectivity index (χ3n) is 3.64. The van der Waals surface area contributed by atoms with Gasteiger partial charge in [0.25, 0.3) is 0 Å². The number of hydrogen-bond donors (Lipinski definition) is 1. The number of carbonyl (C=O) groups is 1. The van der Waals surface area contributed by atoms with Gasteiger partial charge in [0.05, 0.1) is 6.21 Å². The van der Waals surface area contributed by atoms with Gasteiger partial charge in [-0.25, -0.2) is 0 Å². The van der Waals surface area contributed by atoms with Crippen LogP contribution in [0.3, 0.4) is 0 Å². The van der Waals surface area contributed by atoms with Crippen LogP contribution >= 0.6 is 15.9 Å². The van der Waals surface area contributed by atoms with Crippen molar-refractivity contribution in [3.63, 3.8) is 0 Å². The third-order valence-corrected chi connectivity index (χ3v) is 4.14. The van der Waals surface area contributed by atoms with Gasteiger partial charge in [-0.2, -0.15) is 5.10 Å². The molecule has 0 saturated heterocycles. The molecule has 1 N–H and O–H groups in total. The number of carbonyl (C=O) groups excluding carboxylic acids is 1. The van der Waals surface area contributed by atoms with Crippen LogP contribution in [0, 0.1) is 0 Å². The Kier molecular flexibility index (Phi) is 5.71. The number of Topliss-reactive ketones (excluding diaryl/α,β-unsaturated/α-hetero) is 1.